The van der Waals surface area contributed by atoms with Crippen molar-refractivity contribution in [1.29, 1.82) is 0 Å². The molecular formula is C25H26N6O. The Labute approximate surface area is 187 Å². The molecule has 7 nitrogen and oxygen atoms in total. The molecule has 3 heterocycles. The lowest BCUT2D eigenvalue weighted by Crippen LogP contribution is -2.26. The van der Waals surface area contributed by atoms with Crippen LogP contribution in [0, 0.1) is 6.54 Å². The Kier molecular flexibility index (Phi) is 5.71. The van der Waals surface area contributed by atoms with Crippen molar-refractivity contribution >= 4 is 0 Å². The molecule has 32 heavy (non-hydrogen) atoms. The fourth-order valence-corrected chi connectivity index (χ4v) is 4.47. The van der Waals surface area contributed by atoms with E-state index in [0.717, 1.165) is 66.5 Å². The molecule has 1 N–H and O–H groups in total. The van der Waals surface area contributed by atoms with Crippen LogP contribution in [0.5, 0.6) is 0 Å². The van der Waals surface area contributed by atoms with Crippen LogP contribution in [0.3, 0.4) is 0 Å². The van der Waals surface area contributed by atoms with Gasteiger partial charge in [0.15, 0.2) is 5.82 Å². The van der Waals surface area contributed by atoms with Crippen LogP contribution >= 0.6 is 0 Å². The zero-order valence-electron chi connectivity index (χ0n) is 18.2. The van der Waals surface area contributed by atoms with Crippen molar-refractivity contribution in [1.82, 2.24) is 30.0 Å². The maximum absolute atomic E-state index is 13.1. The van der Waals surface area contributed by atoms with E-state index in [0.29, 0.717) is 12.2 Å². The first-order chi connectivity index (χ1) is 15.8. The highest BCUT2D eigenvalue weighted by Gasteiger charge is 2.22. The van der Waals surface area contributed by atoms with E-state index in [2.05, 4.69) is 69.1 Å². The highest BCUT2D eigenvalue weighted by Crippen LogP contribution is 2.30. The minimum absolute atomic E-state index is 0.0862. The van der Waals surface area contributed by atoms with Gasteiger partial charge in [-0.2, -0.15) is 0 Å². The number of hydrogen-bond donors (Lipinski definition) is 1. The lowest BCUT2D eigenvalue weighted by atomic mass is 9.96. The van der Waals surface area contributed by atoms with E-state index < -0.39 is 0 Å². The van der Waals surface area contributed by atoms with Gasteiger partial charge in [-0.1, -0.05) is 61.9 Å². The molecule has 2 aromatic carbocycles. The summed E-state index contributed by atoms with van der Waals surface area (Å²) >= 11 is 0. The van der Waals surface area contributed by atoms with Gasteiger partial charge in [0.2, 0.25) is 0 Å². The van der Waals surface area contributed by atoms with Gasteiger partial charge in [0.25, 0.3) is 5.56 Å². The summed E-state index contributed by atoms with van der Waals surface area (Å²) in [6.07, 6.45) is 5.66. The molecule has 0 amide bonds. The van der Waals surface area contributed by atoms with E-state index in [1.807, 2.05) is 18.2 Å². The average molecular weight is 427 g/mol. The molecule has 4 aromatic rings. The summed E-state index contributed by atoms with van der Waals surface area (Å²) < 4.78 is 3.87. The van der Waals surface area contributed by atoms with Crippen LogP contribution in [-0.2, 0) is 19.4 Å². The number of nitrogens with one attached hydrogen (secondary N) is 1. The number of hydrogen-bond acceptors (Lipinski definition) is 4. The van der Waals surface area contributed by atoms with E-state index in [-0.39, 0.29) is 5.56 Å². The molecule has 162 valence electrons. The zero-order valence-corrected chi connectivity index (χ0v) is 18.2. The van der Waals surface area contributed by atoms with Gasteiger partial charge >= 0.3 is 0 Å². The number of fused-ring (bicyclic) bond motifs is 1. The SMILES string of the molecule is CCCCc1c(Cc2ccc(-c3ccccc3-c3nnn[nH]3)cc2)c(=O)n2n1CCC[C]2. The fraction of sp³-hybridized carbons (Fsp3) is 0.320. The van der Waals surface area contributed by atoms with E-state index in [1.165, 1.54) is 5.69 Å². The first-order valence-electron chi connectivity index (χ1n) is 11.3. The third kappa shape index (κ3) is 3.79. The van der Waals surface area contributed by atoms with Gasteiger partial charge in [-0.3, -0.25) is 9.48 Å². The Bertz CT molecular complexity index is 1250. The first kappa shape index (κ1) is 20.4. The molecule has 0 spiro atoms. The van der Waals surface area contributed by atoms with Crippen molar-refractivity contribution in [2.24, 2.45) is 0 Å². The van der Waals surface area contributed by atoms with Crippen molar-refractivity contribution in [3.8, 4) is 22.5 Å². The highest BCUT2D eigenvalue weighted by atomic mass is 16.1. The Hall–Kier alpha value is -3.48. The second-order valence-corrected chi connectivity index (χ2v) is 8.20. The molecule has 1 aliphatic heterocycles. The molecule has 0 atom stereocenters. The second kappa shape index (κ2) is 8.94. The summed E-state index contributed by atoms with van der Waals surface area (Å²) in [7, 11) is 0. The third-order valence-electron chi connectivity index (χ3n) is 6.10. The lowest BCUT2D eigenvalue weighted by Gasteiger charge is -2.18. The highest BCUT2D eigenvalue weighted by molar-refractivity contribution is 5.80. The number of aromatic amines is 1. The predicted molar refractivity (Wildman–Crippen MR) is 123 cm³/mol. The minimum Gasteiger partial charge on any atom is -0.286 e. The quantitative estimate of drug-likeness (QED) is 0.482. The molecule has 0 bridgehead atoms. The number of tetrazole rings is 1. The van der Waals surface area contributed by atoms with Crippen molar-refractivity contribution in [3.05, 3.63) is 82.3 Å². The smallest absolute Gasteiger partial charge is 0.271 e. The van der Waals surface area contributed by atoms with Crippen LogP contribution in [0.1, 0.15) is 49.4 Å². The maximum atomic E-state index is 13.1. The summed E-state index contributed by atoms with van der Waals surface area (Å²) in [6.45, 7) is 6.34. The molecule has 0 saturated carbocycles. The van der Waals surface area contributed by atoms with E-state index in [1.54, 1.807) is 4.68 Å². The predicted octanol–water partition coefficient (Wildman–Crippen LogP) is 4.11. The number of unbranched alkanes of at least 4 members (excludes halogenated alkanes) is 1. The van der Waals surface area contributed by atoms with E-state index >= 15 is 0 Å². The molecule has 0 unspecified atom stereocenters. The maximum Gasteiger partial charge on any atom is 0.271 e. The van der Waals surface area contributed by atoms with Gasteiger partial charge in [-0.15, -0.1) is 5.10 Å². The number of H-pyrrole nitrogens is 1. The number of benzene rings is 2. The molecule has 2 aromatic heterocycles. The van der Waals surface area contributed by atoms with Crippen molar-refractivity contribution in [2.45, 2.75) is 52.0 Å². The van der Waals surface area contributed by atoms with Crippen LogP contribution in [-0.4, -0.2) is 30.0 Å². The van der Waals surface area contributed by atoms with Gasteiger partial charge < -0.3 is 0 Å². The summed E-state index contributed by atoms with van der Waals surface area (Å²) in [4.78, 5) is 13.1. The van der Waals surface area contributed by atoms with Crippen LogP contribution in [0.15, 0.2) is 53.3 Å². The monoisotopic (exact) mass is 426 g/mol. The Morgan fingerprint density at radius 3 is 2.66 bits per heavy atom. The molecule has 1 aliphatic rings. The third-order valence-corrected chi connectivity index (χ3v) is 6.10. The van der Waals surface area contributed by atoms with Gasteiger partial charge in [-0.25, -0.2) is 9.78 Å². The molecule has 0 fully saturated rings. The van der Waals surface area contributed by atoms with Gasteiger partial charge in [-0.05, 0) is 52.8 Å². The lowest BCUT2D eigenvalue weighted by molar-refractivity contribution is 0.419. The summed E-state index contributed by atoms with van der Waals surface area (Å²) in [5.74, 6) is 0.644. The van der Waals surface area contributed by atoms with Crippen LogP contribution in [0.4, 0.5) is 0 Å². The first-order valence-corrected chi connectivity index (χ1v) is 11.3. The largest absolute Gasteiger partial charge is 0.286 e. The molecule has 0 saturated heterocycles. The normalized spacial score (nSPS) is 13.3. The van der Waals surface area contributed by atoms with Crippen LogP contribution < -0.4 is 5.56 Å². The molecular weight excluding hydrogens is 400 g/mol. The molecule has 5 rings (SSSR count). The van der Waals surface area contributed by atoms with E-state index in [9.17, 15) is 4.79 Å². The minimum atomic E-state index is 0.0862. The van der Waals surface area contributed by atoms with Gasteiger partial charge in [0.1, 0.15) is 6.54 Å². The molecule has 7 heteroatoms. The van der Waals surface area contributed by atoms with Crippen LogP contribution in [0.2, 0.25) is 0 Å². The Morgan fingerprint density at radius 2 is 1.91 bits per heavy atom. The van der Waals surface area contributed by atoms with Crippen LogP contribution in [0.25, 0.3) is 22.5 Å². The van der Waals surface area contributed by atoms with Gasteiger partial charge in [0.05, 0.1) is 0 Å². The van der Waals surface area contributed by atoms with Crippen molar-refractivity contribution < 1.29 is 0 Å². The summed E-state index contributed by atoms with van der Waals surface area (Å²) in [6, 6.07) is 16.5. The summed E-state index contributed by atoms with van der Waals surface area (Å²) in [5.41, 5.74) is 6.40. The zero-order chi connectivity index (χ0) is 21.9. The standard InChI is InChI=1S/C25H26N6O/c1-2-3-10-23-22(25(32)31-16-7-6-15-30(23)31)17-18-11-13-19(14-12-18)20-8-4-5-9-21(20)24-26-28-29-27-24/h4-5,8-9,11-14H,2-3,6-7,10,15,17H2,1H3,(H,26,27,28,29). The molecule has 0 aliphatic carbocycles. The van der Waals surface area contributed by atoms with Gasteiger partial charge in [0, 0.05) is 29.8 Å². The fourth-order valence-electron chi connectivity index (χ4n) is 4.47. The number of rotatable bonds is 7. The summed E-state index contributed by atoms with van der Waals surface area (Å²) in [5, 5.41) is 14.3. The van der Waals surface area contributed by atoms with Crippen molar-refractivity contribution in [3.63, 3.8) is 0 Å². The number of nitrogens with zero attached hydrogens (tertiary/aromatic N) is 5. The second-order valence-electron chi connectivity index (χ2n) is 8.20. The van der Waals surface area contributed by atoms with Crippen molar-refractivity contribution in [2.75, 3.05) is 0 Å². The Morgan fingerprint density at radius 1 is 1.09 bits per heavy atom. The average Bonchev–Trinajstić information content (AvgIpc) is 3.46. The Balaban J connectivity index is 1.46. The van der Waals surface area contributed by atoms with E-state index in [4.69, 9.17) is 0 Å². The number of aromatic nitrogens is 6. The molecule has 2 radical (unpaired) electrons. The topological polar surface area (TPSA) is 81.4 Å².